The van der Waals surface area contributed by atoms with Crippen LogP contribution in [0.15, 0.2) is 28.8 Å². The SMILES string of the molecule is O=C(C1CCCO1)N1CCCC1c1nc(Cc2ccc(F)cc2)no1. The fourth-order valence-corrected chi connectivity index (χ4v) is 3.50. The van der Waals surface area contributed by atoms with Gasteiger partial charge in [-0.2, -0.15) is 4.98 Å². The first-order chi connectivity index (χ1) is 12.2. The smallest absolute Gasteiger partial charge is 0.252 e. The van der Waals surface area contributed by atoms with Gasteiger partial charge in [-0.25, -0.2) is 4.39 Å². The highest BCUT2D eigenvalue weighted by Gasteiger charge is 2.38. The number of carbonyl (C=O) groups excluding carboxylic acids is 1. The molecule has 0 N–H and O–H groups in total. The van der Waals surface area contributed by atoms with Crippen molar-refractivity contribution in [1.82, 2.24) is 15.0 Å². The van der Waals surface area contributed by atoms with Crippen molar-refractivity contribution in [2.75, 3.05) is 13.2 Å². The van der Waals surface area contributed by atoms with E-state index in [4.69, 9.17) is 9.26 Å². The van der Waals surface area contributed by atoms with Crippen molar-refractivity contribution in [2.45, 2.75) is 44.2 Å². The van der Waals surface area contributed by atoms with Gasteiger partial charge in [0.25, 0.3) is 5.91 Å². The highest BCUT2D eigenvalue weighted by atomic mass is 19.1. The Morgan fingerprint density at radius 2 is 2.08 bits per heavy atom. The molecule has 2 saturated heterocycles. The Balaban J connectivity index is 1.46. The maximum Gasteiger partial charge on any atom is 0.252 e. The molecular weight excluding hydrogens is 325 g/mol. The minimum Gasteiger partial charge on any atom is -0.368 e. The number of aromatic nitrogens is 2. The minimum atomic E-state index is -0.331. The number of hydrogen-bond donors (Lipinski definition) is 0. The molecule has 1 amide bonds. The van der Waals surface area contributed by atoms with Gasteiger partial charge in [-0.15, -0.1) is 0 Å². The van der Waals surface area contributed by atoms with Crippen molar-refractivity contribution in [3.05, 3.63) is 47.4 Å². The van der Waals surface area contributed by atoms with Crippen molar-refractivity contribution >= 4 is 5.91 Å². The standard InChI is InChI=1S/C18H20FN3O3/c19-13-7-5-12(6-8-13)11-16-20-17(25-21-16)14-3-1-9-22(14)18(23)15-4-2-10-24-15/h5-8,14-15H,1-4,9-11H2. The first-order valence-electron chi connectivity index (χ1n) is 8.70. The number of likely N-dealkylation sites (tertiary alicyclic amines) is 1. The van der Waals surface area contributed by atoms with E-state index in [0.717, 1.165) is 31.2 Å². The van der Waals surface area contributed by atoms with Crippen LogP contribution in [0.25, 0.3) is 0 Å². The Morgan fingerprint density at radius 1 is 1.24 bits per heavy atom. The lowest BCUT2D eigenvalue weighted by Crippen LogP contribution is -2.38. The molecule has 4 rings (SSSR count). The van der Waals surface area contributed by atoms with Gasteiger partial charge in [0.2, 0.25) is 5.89 Å². The third-order valence-electron chi connectivity index (χ3n) is 4.79. The molecule has 2 atom stereocenters. The number of ether oxygens (including phenoxy) is 1. The summed E-state index contributed by atoms with van der Waals surface area (Å²) < 4.78 is 23.9. The molecule has 0 spiro atoms. The van der Waals surface area contributed by atoms with E-state index in [1.54, 1.807) is 12.1 Å². The predicted molar refractivity (Wildman–Crippen MR) is 86.2 cm³/mol. The lowest BCUT2D eigenvalue weighted by Gasteiger charge is -2.24. The van der Waals surface area contributed by atoms with Gasteiger partial charge in [-0.05, 0) is 43.4 Å². The van der Waals surface area contributed by atoms with E-state index in [2.05, 4.69) is 10.1 Å². The molecule has 132 valence electrons. The van der Waals surface area contributed by atoms with Crippen molar-refractivity contribution in [2.24, 2.45) is 0 Å². The highest BCUT2D eigenvalue weighted by Crippen LogP contribution is 2.33. The maximum absolute atomic E-state index is 13.0. The summed E-state index contributed by atoms with van der Waals surface area (Å²) in [6, 6.07) is 6.05. The number of nitrogens with zero attached hydrogens (tertiary/aromatic N) is 3. The van der Waals surface area contributed by atoms with Crippen LogP contribution in [0.4, 0.5) is 4.39 Å². The first kappa shape index (κ1) is 16.2. The molecule has 25 heavy (non-hydrogen) atoms. The summed E-state index contributed by atoms with van der Waals surface area (Å²) in [5, 5.41) is 4.02. The summed E-state index contributed by atoms with van der Waals surface area (Å²) >= 11 is 0. The maximum atomic E-state index is 13.0. The summed E-state index contributed by atoms with van der Waals surface area (Å²) in [4.78, 5) is 18.9. The number of carbonyl (C=O) groups is 1. The van der Waals surface area contributed by atoms with Crippen molar-refractivity contribution in [3.8, 4) is 0 Å². The molecule has 2 aliphatic heterocycles. The Bertz CT molecular complexity index is 740. The van der Waals surface area contributed by atoms with Gasteiger partial charge in [-0.1, -0.05) is 17.3 Å². The van der Waals surface area contributed by atoms with Crippen molar-refractivity contribution in [1.29, 1.82) is 0 Å². The monoisotopic (exact) mass is 345 g/mol. The Kier molecular flexibility index (Phi) is 4.48. The summed E-state index contributed by atoms with van der Waals surface area (Å²) in [6.07, 6.45) is 3.58. The largest absolute Gasteiger partial charge is 0.368 e. The van der Waals surface area contributed by atoms with Gasteiger partial charge in [0.05, 0.1) is 0 Å². The van der Waals surface area contributed by atoms with Gasteiger partial charge in [0, 0.05) is 19.6 Å². The summed E-state index contributed by atoms with van der Waals surface area (Å²) in [6.45, 7) is 1.34. The highest BCUT2D eigenvalue weighted by molar-refractivity contribution is 5.81. The molecule has 0 bridgehead atoms. The molecule has 1 aromatic carbocycles. The van der Waals surface area contributed by atoms with E-state index in [1.165, 1.54) is 12.1 Å². The molecule has 7 heteroatoms. The van der Waals surface area contributed by atoms with Crippen LogP contribution in [0.3, 0.4) is 0 Å². The van der Waals surface area contributed by atoms with Crippen molar-refractivity contribution in [3.63, 3.8) is 0 Å². The van der Waals surface area contributed by atoms with E-state index in [9.17, 15) is 9.18 Å². The fourth-order valence-electron chi connectivity index (χ4n) is 3.50. The molecule has 0 radical (unpaired) electrons. The van der Waals surface area contributed by atoms with Crippen LogP contribution < -0.4 is 0 Å². The third-order valence-corrected chi connectivity index (χ3v) is 4.79. The normalized spacial score (nSPS) is 23.3. The predicted octanol–water partition coefficient (Wildman–Crippen LogP) is 2.64. The molecular formula is C18H20FN3O3. The average Bonchev–Trinajstić information content (AvgIpc) is 3.37. The van der Waals surface area contributed by atoms with Crippen LogP contribution in [0, 0.1) is 5.82 Å². The zero-order chi connectivity index (χ0) is 17.2. The topological polar surface area (TPSA) is 68.5 Å². The van der Waals surface area contributed by atoms with Crippen LogP contribution in [0.2, 0.25) is 0 Å². The van der Waals surface area contributed by atoms with Gasteiger partial charge in [-0.3, -0.25) is 4.79 Å². The lowest BCUT2D eigenvalue weighted by molar-refractivity contribution is -0.142. The molecule has 6 nitrogen and oxygen atoms in total. The number of benzene rings is 1. The van der Waals surface area contributed by atoms with Gasteiger partial charge < -0.3 is 14.2 Å². The van der Waals surface area contributed by atoms with E-state index in [1.807, 2.05) is 4.90 Å². The summed E-state index contributed by atoms with van der Waals surface area (Å²) in [5.41, 5.74) is 0.910. The van der Waals surface area contributed by atoms with Gasteiger partial charge in [0.1, 0.15) is 18.0 Å². The van der Waals surface area contributed by atoms with E-state index in [-0.39, 0.29) is 23.9 Å². The molecule has 2 aromatic rings. The summed E-state index contributed by atoms with van der Waals surface area (Å²) in [5.74, 6) is 0.768. The quantitative estimate of drug-likeness (QED) is 0.852. The molecule has 2 aliphatic rings. The number of hydrogen-bond acceptors (Lipinski definition) is 5. The van der Waals surface area contributed by atoms with E-state index in [0.29, 0.717) is 31.3 Å². The molecule has 2 fully saturated rings. The van der Waals surface area contributed by atoms with Crippen LogP contribution in [-0.2, 0) is 16.0 Å². The van der Waals surface area contributed by atoms with Crippen LogP contribution in [0.5, 0.6) is 0 Å². The third kappa shape index (κ3) is 3.42. The first-order valence-corrected chi connectivity index (χ1v) is 8.70. The fraction of sp³-hybridized carbons (Fsp3) is 0.500. The lowest BCUT2D eigenvalue weighted by atomic mass is 10.1. The van der Waals surface area contributed by atoms with Gasteiger partial charge >= 0.3 is 0 Å². The van der Waals surface area contributed by atoms with E-state index < -0.39 is 0 Å². The Hall–Kier alpha value is -2.28. The summed E-state index contributed by atoms with van der Waals surface area (Å²) in [7, 11) is 0. The molecule has 0 aliphatic carbocycles. The van der Waals surface area contributed by atoms with Gasteiger partial charge in [0.15, 0.2) is 5.82 Å². The van der Waals surface area contributed by atoms with Crippen LogP contribution in [-0.4, -0.2) is 40.2 Å². The minimum absolute atomic E-state index is 0.0262. The zero-order valence-corrected chi connectivity index (χ0v) is 13.9. The second-order valence-corrected chi connectivity index (χ2v) is 6.54. The second-order valence-electron chi connectivity index (χ2n) is 6.54. The van der Waals surface area contributed by atoms with Crippen LogP contribution in [0.1, 0.15) is 49.0 Å². The van der Waals surface area contributed by atoms with Crippen LogP contribution >= 0.6 is 0 Å². The Morgan fingerprint density at radius 3 is 2.84 bits per heavy atom. The number of halogens is 1. The average molecular weight is 345 g/mol. The van der Waals surface area contributed by atoms with Crippen molar-refractivity contribution < 1.29 is 18.4 Å². The molecule has 2 unspecified atom stereocenters. The van der Waals surface area contributed by atoms with E-state index >= 15 is 0 Å². The second kappa shape index (κ2) is 6.92. The molecule has 3 heterocycles. The molecule has 1 aromatic heterocycles. The molecule has 0 saturated carbocycles. The Labute approximate surface area is 145 Å². The number of rotatable bonds is 4. The number of amides is 1. The zero-order valence-electron chi connectivity index (χ0n) is 13.9.